The molecule has 2 amide bonds. The number of benzene rings is 3. The minimum atomic E-state index is -4.11. The van der Waals surface area contributed by atoms with Gasteiger partial charge in [0.2, 0.25) is 11.8 Å². The third-order valence-electron chi connectivity index (χ3n) is 5.90. The lowest BCUT2D eigenvalue weighted by Crippen LogP contribution is -2.50. The lowest BCUT2D eigenvalue weighted by molar-refractivity contribution is -0.139. The summed E-state index contributed by atoms with van der Waals surface area (Å²) in [5.41, 5.74) is 1.04. The highest BCUT2D eigenvalue weighted by Crippen LogP contribution is 2.26. The maximum atomic E-state index is 13.7. The van der Waals surface area contributed by atoms with Crippen LogP contribution in [0.4, 0.5) is 5.69 Å². The van der Waals surface area contributed by atoms with Crippen LogP contribution in [0, 0.1) is 0 Å². The van der Waals surface area contributed by atoms with Crippen LogP contribution in [0.25, 0.3) is 0 Å². The average Bonchev–Trinajstić information content (AvgIpc) is 2.94. The molecule has 1 N–H and O–H groups in total. The van der Waals surface area contributed by atoms with Crippen LogP contribution in [0.5, 0.6) is 11.5 Å². The smallest absolute Gasteiger partial charge is 0.264 e. The second-order valence-corrected chi connectivity index (χ2v) is 10.0. The van der Waals surface area contributed by atoms with Crippen molar-refractivity contribution in [3.8, 4) is 11.5 Å². The van der Waals surface area contributed by atoms with E-state index in [9.17, 15) is 18.0 Å². The molecule has 0 saturated heterocycles. The van der Waals surface area contributed by atoms with Crippen molar-refractivity contribution in [3.05, 3.63) is 84.4 Å². The van der Waals surface area contributed by atoms with Gasteiger partial charge in [0, 0.05) is 13.6 Å². The van der Waals surface area contributed by atoms with Crippen molar-refractivity contribution in [2.75, 3.05) is 32.1 Å². The zero-order valence-corrected chi connectivity index (χ0v) is 22.1. The monoisotopic (exact) mass is 525 g/mol. The minimum Gasteiger partial charge on any atom is -0.497 e. The van der Waals surface area contributed by atoms with E-state index in [2.05, 4.69) is 5.32 Å². The van der Waals surface area contributed by atoms with Gasteiger partial charge in [-0.25, -0.2) is 8.42 Å². The molecule has 0 aliphatic carbocycles. The van der Waals surface area contributed by atoms with Gasteiger partial charge in [0.1, 0.15) is 24.1 Å². The molecule has 0 fully saturated rings. The first-order chi connectivity index (χ1) is 17.7. The lowest BCUT2D eigenvalue weighted by atomic mass is 10.1. The SMILES string of the molecule is CNC(=O)[C@H](C)N(Cc1ccc(OC)cc1)C(=O)CN(c1ccc(OC)cc1)S(=O)(=O)c1ccccc1. The Labute approximate surface area is 217 Å². The van der Waals surface area contributed by atoms with E-state index in [4.69, 9.17) is 9.47 Å². The Bertz CT molecular complexity index is 1300. The van der Waals surface area contributed by atoms with Gasteiger partial charge in [0.05, 0.1) is 24.8 Å². The minimum absolute atomic E-state index is 0.0414. The predicted octanol–water partition coefficient (Wildman–Crippen LogP) is 3.06. The number of anilines is 1. The second-order valence-electron chi connectivity index (χ2n) is 8.18. The summed E-state index contributed by atoms with van der Waals surface area (Å²) in [6.07, 6.45) is 0. The van der Waals surface area contributed by atoms with E-state index >= 15 is 0 Å². The molecule has 0 aromatic heterocycles. The molecular formula is C27H31N3O6S. The highest BCUT2D eigenvalue weighted by atomic mass is 32.2. The molecule has 0 saturated carbocycles. The molecule has 3 aromatic rings. The van der Waals surface area contributed by atoms with Crippen LogP contribution in [-0.2, 0) is 26.2 Å². The number of hydrogen-bond acceptors (Lipinski definition) is 6. The number of amides is 2. The number of likely N-dealkylation sites (N-methyl/N-ethyl adjacent to an activating group) is 1. The number of carbonyl (C=O) groups excluding carboxylic acids is 2. The summed E-state index contributed by atoms with van der Waals surface area (Å²) in [5.74, 6) is 0.285. The van der Waals surface area contributed by atoms with Gasteiger partial charge in [0.15, 0.2) is 0 Å². The number of carbonyl (C=O) groups is 2. The molecular weight excluding hydrogens is 494 g/mol. The number of sulfonamides is 1. The Morgan fingerprint density at radius 2 is 1.41 bits per heavy atom. The van der Waals surface area contributed by atoms with Crippen LogP contribution in [0.1, 0.15) is 12.5 Å². The van der Waals surface area contributed by atoms with Crippen LogP contribution in [0.2, 0.25) is 0 Å². The number of nitrogens with zero attached hydrogens (tertiary/aromatic N) is 2. The zero-order chi connectivity index (χ0) is 27.0. The molecule has 0 aliphatic heterocycles. The van der Waals surface area contributed by atoms with Gasteiger partial charge >= 0.3 is 0 Å². The molecule has 3 aromatic carbocycles. The van der Waals surface area contributed by atoms with Crippen molar-refractivity contribution in [2.24, 2.45) is 0 Å². The Hall–Kier alpha value is -4.05. The van der Waals surface area contributed by atoms with Crippen LogP contribution < -0.4 is 19.1 Å². The van der Waals surface area contributed by atoms with E-state index in [0.717, 1.165) is 9.87 Å². The molecule has 0 unspecified atom stereocenters. The van der Waals surface area contributed by atoms with E-state index < -0.39 is 28.5 Å². The fraction of sp³-hybridized carbons (Fsp3) is 0.259. The topological polar surface area (TPSA) is 105 Å². The molecule has 0 aliphatic rings. The molecule has 9 nitrogen and oxygen atoms in total. The van der Waals surface area contributed by atoms with E-state index in [-0.39, 0.29) is 23.0 Å². The zero-order valence-electron chi connectivity index (χ0n) is 21.2. The normalized spacial score (nSPS) is 11.8. The summed E-state index contributed by atoms with van der Waals surface area (Å²) < 4.78 is 38.8. The van der Waals surface area contributed by atoms with Crippen LogP contribution in [0.15, 0.2) is 83.8 Å². The molecule has 10 heteroatoms. The first kappa shape index (κ1) is 27.5. The van der Waals surface area contributed by atoms with E-state index in [1.807, 2.05) is 0 Å². The first-order valence-electron chi connectivity index (χ1n) is 11.6. The van der Waals surface area contributed by atoms with Gasteiger partial charge in [-0.2, -0.15) is 0 Å². The highest BCUT2D eigenvalue weighted by Gasteiger charge is 2.32. The molecule has 0 spiro atoms. The Morgan fingerprint density at radius 1 is 0.865 bits per heavy atom. The van der Waals surface area contributed by atoms with Crippen molar-refractivity contribution in [2.45, 2.75) is 24.4 Å². The molecule has 37 heavy (non-hydrogen) atoms. The molecule has 0 bridgehead atoms. The maximum Gasteiger partial charge on any atom is 0.264 e. The fourth-order valence-electron chi connectivity index (χ4n) is 3.72. The maximum absolute atomic E-state index is 13.7. The fourth-order valence-corrected chi connectivity index (χ4v) is 5.15. The van der Waals surface area contributed by atoms with E-state index in [0.29, 0.717) is 11.5 Å². The summed E-state index contributed by atoms with van der Waals surface area (Å²) in [4.78, 5) is 27.6. The number of nitrogens with one attached hydrogen (secondary N) is 1. The molecule has 196 valence electrons. The van der Waals surface area contributed by atoms with Gasteiger partial charge in [-0.15, -0.1) is 0 Å². The van der Waals surface area contributed by atoms with Gasteiger partial charge in [-0.05, 0) is 61.0 Å². The van der Waals surface area contributed by atoms with Crippen molar-refractivity contribution < 1.29 is 27.5 Å². The summed E-state index contributed by atoms with van der Waals surface area (Å²) in [5, 5.41) is 2.56. The highest BCUT2D eigenvalue weighted by molar-refractivity contribution is 7.92. The second kappa shape index (κ2) is 12.3. The van der Waals surface area contributed by atoms with E-state index in [1.54, 1.807) is 80.8 Å². The van der Waals surface area contributed by atoms with Crippen LogP contribution in [-0.4, -0.2) is 59.0 Å². The largest absolute Gasteiger partial charge is 0.497 e. The van der Waals surface area contributed by atoms with E-state index in [1.165, 1.54) is 31.2 Å². The van der Waals surface area contributed by atoms with Gasteiger partial charge in [-0.1, -0.05) is 30.3 Å². The molecule has 3 rings (SSSR count). The summed E-state index contributed by atoms with van der Waals surface area (Å²) >= 11 is 0. The lowest BCUT2D eigenvalue weighted by Gasteiger charge is -2.31. The first-order valence-corrected chi connectivity index (χ1v) is 13.0. The predicted molar refractivity (Wildman–Crippen MR) is 141 cm³/mol. The van der Waals surface area contributed by atoms with Crippen molar-refractivity contribution in [1.29, 1.82) is 0 Å². The van der Waals surface area contributed by atoms with Gasteiger partial charge in [0.25, 0.3) is 10.0 Å². The standard InChI is InChI=1S/C27H31N3O6S/c1-20(27(32)28-2)29(18-21-10-14-23(35-3)15-11-21)26(31)19-30(22-12-16-24(36-4)17-13-22)37(33,34)25-8-6-5-7-9-25/h5-17,20H,18-19H2,1-4H3,(H,28,32)/t20-/m0/s1. The third kappa shape index (κ3) is 6.59. The quantitative estimate of drug-likeness (QED) is 0.413. The van der Waals surface area contributed by atoms with Crippen molar-refractivity contribution in [3.63, 3.8) is 0 Å². The summed E-state index contributed by atoms with van der Waals surface area (Å²) in [6.45, 7) is 1.18. The van der Waals surface area contributed by atoms with Crippen LogP contribution >= 0.6 is 0 Å². The number of ether oxygens (including phenoxy) is 2. The summed E-state index contributed by atoms with van der Waals surface area (Å²) in [6, 6.07) is 20.5. The molecule has 1 atom stereocenters. The van der Waals surface area contributed by atoms with Crippen molar-refractivity contribution in [1.82, 2.24) is 10.2 Å². The van der Waals surface area contributed by atoms with Crippen molar-refractivity contribution >= 4 is 27.5 Å². The Kier molecular flexibility index (Phi) is 9.13. The van der Waals surface area contributed by atoms with Crippen LogP contribution in [0.3, 0.4) is 0 Å². The molecule has 0 heterocycles. The van der Waals surface area contributed by atoms with Gasteiger partial charge < -0.3 is 19.7 Å². The average molecular weight is 526 g/mol. The number of methoxy groups -OCH3 is 2. The Morgan fingerprint density at radius 3 is 1.92 bits per heavy atom. The van der Waals surface area contributed by atoms with Gasteiger partial charge in [-0.3, -0.25) is 13.9 Å². The number of hydrogen-bond donors (Lipinski definition) is 1. The molecule has 0 radical (unpaired) electrons. The summed E-state index contributed by atoms with van der Waals surface area (Å²) in [7, 11) is 0.440. The number of rotatable bonds is 11. The Balaban J connectivity index is 2.00. The third-order valence-corrected chi connectivity index (χ3v) is 7.68.